The fraction of sp³-hybridized carbons (Fsp3) is 0.639. The molecule has 0 aliphatic carbocycles. The number of carbonyl (C=O) groups excluding carboxylic acids is 1. The van der Waals surface area contributed by atoms with Gasteiger partial charge in [-0.25, -0.2) is 0 Å². The van der Waals surface area contributed by atoms with Crippen molar-refractivity contribution >= 4 is 17.4 Å². The number of rotatable bonds is 15. The highest BCUT2D eigenvalue weighted by molar-refractivity contribution is 6.30. The van der Waals surface area contributed by atoms with Gasteiger partial charge in [-0.05, 0) is 112 Å². The van der Waals surface area contributed by atoms with Crippen molar-refractivity contribution in [3.05, 3.63) is 64.2 Å². The van der Waals surface area contributed by atoms with E-state index < -0.39 is 11.4 Å². The van der Waals surface area contributed by atoms with Crippen LogP contribution in [-0.4, -0.2) is 58.2 Å². The number of halogens is 1. The summed E-state index contributed by atoms with van der Waals surface area (Å²) in [6.07, 6.45) is 8.53. The summed E-state index contributed by atoms with van der Waals surface area (Å²) in [6, 6.07) is 14.7. The molecule has 2 aromatic carbocycles. The molecule has 1 fully saturated rings. The lowest BCUT2D eigenvalue weighted by atomic mass is 9.69. The Bertz CT molecular complexity index is 1090. The highest BCUT2D eigenvalue weighted by Crippen LogP contribution is 2.39. The predicted molar refractivity (Wildman–Crippen MR) is 177 cm³/mol. The van der Waals surface area contributed by atoms with E-state index in [2.05, 4.69) is 56.9 Å². The third-order valence-electron chi connectivity index (χ3n) is 9.05. The zero-order chi connectivity index (χ0) is 32.0. The van der Waals surface area contributed by atoms with E-state index in [1.54, 1.807) is 13.8 Å². The van der Waals surface area contributed by atoms with Gasteiger partial charge in [-0.2, -0.15) is 0 Å². The fourth-order valence-electron chi connectivity index (χ4n) is 6.06. The van der Waals surface area contributed by atoms with Crippen molar-refractivity contribution in [1.29, 1.82) is 0 Å². The third-order valence-corrected chi connectivity index (χ3v) is 9.29. The fourth-order valence-corrected chi connectivity index (χ4v) is 6.23. The van der Waals surface area contributed by atoms with Crippen molar-refractivity contribution in [3.63, 3.8) is 0 Å². The molecule has 3 N–H and O–H groups in total. The lowest BCUT2D eigenvalue weighted by Gasteiger charge is -2.41. The van der Waals surface area contributed by atoms with Crippen LogP contribution in [0.15, 0.2) is 42.5 Å². The van der Waals surface area contributed by atoms with E-state index in [0.717, 1.165) is 55.3 Å². The number of nitrogens with zero attached hydrogens (tertiary/aromatic N) is 1. The minimum Gasteiger partial charge on any atom is -0.492 e. The number of piperidine rings is 1. The minimum atomic E-state index is -2.45. The van der Waals surface area contributed by atoms with E-state index in [4.69, 9.17) is 31.7 Å². The molecule has 3 rings (SSSR count). The summed E-state index contributed by atoms with van der Waals surface area (Å²) in [4.78, 5) is 15.2. The first-order valence-electron chi connectivity index (χ1n) is 16.2. The Morgan fingerprint density at radius 2 is 1.65 bits per heavy atom. The summed E-state index contributed by atoms with van der Waals surface area (Å²) >= 11 is 6.30. The van der Waals surface area contributed by atoms with Gasteiger partial charge in [0.2, 0.25) is 0 Å². The Morgan fingerprint density at radius 3 is 2.16 bits per heavy atom. The monoisotopic (exact) mass is 617 g/mol. The van der Waals surface area contributed by atoms with Crippen LogP contribution in [0.5, 0.6) is 5.75 Å². The number of carbonyl (C=O) groups is 1. The molecule has 2 aromatic rings. The molecule has 0 spiro atoms. The van der Waals surface area contributed by atoms with E-state index in [1.165, 1.54) is 37.7 Å². The normalized spacial score (nSPS) is 16.6. The number of ether oxygens (including phenoxy) is 1. The number of aryl methyl sites for hydroxylation is 1. The number of ketones is 1. The quantitative estimate of drug-likeness (QED) is 0.177. The molecular weight excluding hydrogens is 562 g/mol. The van der Waals surface area contributed by atoms with E-state index in [-0.39, 0.29) is 12.2 Å². The van der Waals surface area contributed by atoms with Gasteiger partial charge in [0.1, 0.15) is 18.1 Å². The molecule has 2 unspecified atom stereocenters. The van der Waals surface area contributed by atoms with Crippen molar-refractivity contribution in [2.45, 2.75) is 117 Å². The van der Waals surface area contributed by atoms with Gasteiger partial charge in [0.25, 0.3) is 5.97 Å². The molecule has 0 saturated carbocycles. The Balaban J connectivity index is 0.000000821. The first kappa shape index (κ1) is 37.2. The lowest BCUT2D eigenvalue weighted by Crippen LogP contribution is -2.47. The maximum absolute atomic E-state index is 12.8. The molecule has 1 aliphatic rings. The minimum absolute atomic E-state index is 0.00694. The van der Waals surface area contributed by atoms with E-state index in [0.29, 0.717) is 24.0 Å². The largest absolute Gasteiger partial charge is 0.492 e. The van der Waals surface area contributed by atoms with Crippen LogP contribution in [0.2, 0.25) is 5.02 Å². The Labute approximate surface area is 265 Å². The SMILES string of the molecule is CCCC(CCC(C)CC)c1ccc(OCCN2CCC(C(C)=O)(c3cc(Cl)ccc3C)CC2)cc1.CCCC(O)(O)O. The third kappa shape index (κ3) is 12.2. The molecule has 0 amide bonds. The van der Waals surface area contributed by atoms with Crippen LogP contribution < -0.4 is 4.74 Å². The van der Waals surface area contributed by atoms with Gasteiger partial charge in [0.05, 0.1) is 5.41 Å². The van der Waals surface area contributed by atoms with Gasteiger partial charge in [-0.3, -0.25) is 9.69 Å². The highest BCUT2D eigenvalue weighted by atomic mass is 35.5. The second-order valence-electron chi connectivity index (χ2n) is 12.5. The van der Waals surface area contributed by atoms with Crippen LogP contribution in [0, 0.1) is 12.8 Å². The van der Waals surface area contributed by atoms with Gasteiger partial charge < -0.3 is 20.1 Å². The van der Waals surface area contributed by atoms with Gasteiger partial charge in [-0.1, -0.05) is 76.8 Å². The van der Waals surface area contributed by atoms with Gasteiger partial charge >= 0.3 is 0 Å². The number of likely N-dealkylation sites (tertiary alicyclic amines) is 1. The van der Waals surface area contributed by atoms with Crippen molar-refractivity contribution in [2.24, 2.45) is 5.92 Å². The molecule has 2 atom stereocenters. The summed E-state index contributed by atoms with van der Waals surface area (Å²) in [7, 11) is 0. The average Bonchev–Trinajstić information content (AvgIpc) is 2.97. The Hall–Kier alpha value is -1.96. The van der Waals surface area contributed by atoms with Crippen molar-refractivity contribution in [3.8, 4) is 5.75 Å². The molecule has 1 saturated heterocycles. The molecule has 242 valence electrons. The molecule has 1 aliphatic heterocycles. The molecule has 0 aromatic heterocycles. The topological polar surface area (TPSA) is 90.2 Å². The molecule has 43 heavy (non-hydrogen) atoms. The summed E-state index contributed by atoms with van der Waals surface area (Å²) < 4.78 is 6.11. The predicted octanol–water partition coefficient (Wildman–Crippen LogP) is 7.78. The number of aliphatic hydroxyl groups is 3. The molecule has 7 heteroatoms. The molecule has 0 radical (unpaired) electrons. The summed E-state index contributed by atoms with van der Waals surface area (Å²) in [5.74, 6) is 0.192. The Morgan fingerprint density at radius 1 is 1.00 bits per heavy atom. The van der Waals surface area contributed by atoms with E-state index >= 15 is 0 Å². The van der Waals surface area contributed by atoms with E-state index in [9.17, 15) is 4.79 Å². The second kappa shape index (κ2) is 18.1. The van der Waals surface area contributed by atoms with Crippen molar-refractivity contribution < 1.29 is 24.9 Å². The van der Waals surface area contributed by atoms with Crippen LogP contribution in [0.3, 0.4) is 0 Å². The maximum atomic E-state index is 12.8. The molecule has 0 bridgehead atoms. The molecular formula is C36H56ClNO5. The van der Waals surface area contributed by atoms with Crippen molar-refractivity contribution in [1.82, 2.24) is 4.90 Å². The first-order chi connectivity index (χ1) is 20.3. The van der Waals surface area contributed by atoms with Crippen LogP contribution in [0.4, 0.5) is 0 Å². The standard InChI is InChI=1S/C32H46ClNO2.C4H10O3/c1-6-8-27(11-9-24(3)7-2)28-12-15-30(16-13-28)36-22-21-34-19-17-32(18-20-34,26(5)35)31-23-29(33)14-10-25(31)4;1-2-3-4(5,6)7/h10,12-16,23-24,27H,6-9,11,17-22H2,1-5H3;5-7H,2-3H2,1H3. The van der Waals surface area contributed by atoms with Gasteiger partial charge in [-0.15, -0.1) is 0 Å². The Kier molecular flexibility index (Phi) is 15.7. The van der Waals surface area contributed by atoms with Gasteiger partial charge in [0.15, 0.2) is 0 Å². The van der Waals surface area contributed by atoms with Crippen LogP contribution in [0.1, 0.15) is 115 Å². The number of benzene rings is 2. The highest BCUT2D eigenvalue weighted by Gasteiger charge is 2.41. The summed E-state index contributed by atoms with van der Waals surface area (Å²) in [5.41, 5.74) is 3.27. The lowest BCUT2D eigenvalue weighted by molar-refractivity contribution is -0.314. The second-order valence-corrected chi connectivity index (χ2v) is 12.9. The van der Waals surface area contributed by atoms with Crippen molar-refractivity contribution in [2.75, 3.05) is 26.2 Å². The van der Waals surface area contributed by atoms with Crippen LogP contribution in [0.25, 0.3) is 0 Å². The zero-order valence-corrected chi connectivity index (χ0v) is 28.1. The smallest absolute Gasteiger partial charge is 0.275 e. The summed E-state index contributed by atoms with van der Waals surface area (Å²) in [6.45, 7) is 15.8. The summed E-state index contributed by atoms with van der Waals surface area (Å²) in [5, 5.41) is 25.1. The first-order valence-corrected chi connectivity index (χ1v) is 16.6. The molecule has 6 nitrogen and oxygen atoms in total. The van der Waals surface area contributed by atoms with Crippen LogP contribution in [-0.2, 0) is 10.2 Å². The number of hydrogen-bond acceptors (Lipinski definition) is 6. The van der Waals surface area contributed by atoms with Crippen LogP contribution >= 0.6 is 11.6 Å². The van der Waals surface area contributed by atoms with Gasteiger partial charge in [0, 0.05) is 18.0 Å². The van der Waals surface area contributed by atoms with E-state index in [1.807, 2.05) is 18.2 Å². The maximum Gasteiger partial charge on any atom is 0.275 e. The molecule has 1 heterocycles. The zero-order valence-electron chi connectivity index (χ0n) is 27.4. The average molecular weight is 618 g/mol. The number of hydrogen-bond donors (Lipinski definition) is 3. The number of Topliss-reactive ketones (excluding diaryl/α,β-unsaturated/α-hetero) is 1.